The number of imidazole rings is 1. The minimum atomic E-state index is 0.692. The standard InChI is InChI=1S/C15H18N4/c16-8-2-1-3-15-10-18-12-19(15)11-14-6-4-13(9-17)5-7-14/h4-7,10,12H,1-3,8,11,16H2. The molecule has 0 saturated heterocycles. The predicted molar refractivity (Wildman–Crippen MR) is 74.5 cm³/mol. The van der Waals surface area contributed by atoms with E-state index in [9.17, 15) is 0 Å². The van der Waals surface area contributed by atoms with Crippen LogP contribution in [-0.2, 0) is 13.0 Å². The second kappa shape index (κ2) is 6.72. The van der Waals surface area contributed by atoms with Crippen molar-refractivity contribution in [3.63, 3.8) is 0 Å². The first-order chi connectivity index (χ1) is 9.33. The van der Waals surface area contributed by atoms with Gasteiger partial charge in [-0.2, -0.15) is 5.26 Å². The number of benzene rings is 1. The minimum Gasteiger partial charge on any atom is -0.330 e. The van der Waals surface area contributed by atoms with E-state index in [1.807, 2.05) is 36.8 Å². The van der Waals surface area contributed by atoms with Gasteiger partial charge in [-0.1, -0.05) is 12.1 Å². The summed E-state index contributed by atoms with van der Waals surface area (Å²) in [5.41, 5.74) is 8.61. The first-order valence-electron chi connectivity index (χ1n) is 6.51. The number of nitrogens with zero attached hydrogens (tertiary/aromatic N) is 3. The number of aromatic nitrogens is 2. The molecule has 0 saturated carbocycles. The highest BCUT2D eigenvalue weighted by molar-refractivity contribution is 5.31. The second-order valence-corrected chi connectivity index (χ2v) is 4.57. The van der Waals surface area contributed by atoms with E-state index in [1.165, 1.54) is 11.3 Å². The molecule has 1 aromatic heterocycles. The Morgan fingerprint density at radius 3 is 2.68 bits per heavy atom. The summed E-state index contributed by atoms with van der Waals surface area (Å²) in [6, 6.07) is 9.80. The summed E-state index contributed by atoms with van der Waals surface area (Å²) in [6.45, 7) is 1.54. The molecule has 0 radical (unpaired) electrons. The Kier molecular flexibility index (Phi) is 4.71. The van der Waals surface area contributed by atoms with Gasteiger partial charge < -0.3 is 10.3 Å². The second-order valence-electron chi connectivity index (χ2n) is 4.57. The molecule has 0 fully saturated rings. The molecule has 4 nitrogen and oxygen atoms in total. The van der Waals surface area contributed by atoms with Crippen molar-refractivity contribution in [1.82, 2.24) is 9.55 Å². The number of rotatable bonds is 6. The van der Waals surface area contributed by atoms with Crippen LogP contribution in [0.5, 0.6) is 0 Å². The van der Waals surface area contributed by atoms with Crippen molar-refractivity contribution in [2.45, 2.75) is 25.8 Å². The molecule has 0 aliphatic rings. The van der Waals surface area contributed by atoms with Crippen LogP contribution in [0.1, 0.15) is 29.7 Å². The van der Waals surface area contributed by atoms with Crippen LogP contribution >= 0.6 is 0 Å². The molecular formula is C15H18N4. The molecule has 1 aromatic carbocycles. The zero-order valence-electron chi connectivity index (χ0n) is 10.9. The third kappa shape index (κ3) is 3.67. The van der Waals surface area contributed by atoms with Crippen molar-refractivity contribution < 1.29 is 0 Å². The number of nitrogens with two attached hydrogens (primary N) is 1. The highest BCUT2D eigenvalue weighted by Gasteiger charge is 2.03. The molecule has 19 heavy (non-hydrogen) atoms. The average molecular weight is 254 g/mol. The lowest BCUT2D eigenvalue weighted by atomic mass is 10.1. The molecule has 0 atom stereocenters. The molecule has 0 aliphatic carbocycles. The summed E-state index contributed by atoms with van der Waals surface area (Å²) in [5, 5.41) is 8.77. The Bertz CT molecular complexity index is 548. The van der Waals surface area contributed by atoms with Gasteiger partial charge in [-0.15, -0.1) is 0 Å². The third-order valence-electron chi connectivity index (χ3n) is 3.12. The number of hydrogen-bond donors (Lipinski definition) is 1. The van der Waals surface area contributed by atoms with Crippen LogP contribution in [0.2, 0.25) is 0 Å². The molecule has 0 aliphatic heterocycles. The maximum Gasteiger partial charge on any atom is 0.0991 e. The average Bonchev–Trinajstić information content (AvgIpc) is 2.87. The third-order valence-corrected chi connectivity index (χ3v) is 3.12. The van der Waals surface area contributed by atoms with Gasteiger partial charge in [0, 0.05) is 18.4 Å². The summed E-state index contributed by atoms with van der Waals surface area (Å²) in [7, 11) is 0. The minimum absolute atomic E-state index is 0.692. The summed E-state index contributed by atoms with van der Waals surface area (Å²) in [5.74, 6) is 0. The van der Waals surface area contributed by atoms with E-state index in [-0.39, 0.29) is 0 Å². The topological polar surface area (TPSA) is 67.6 Å². The zero-order valence-corrected chi connectivity index (χ0v) is 10.9. The van der Waals surface area contributed by atoms with Gasteiger partial charge in [0.25, 0.3) is 0 Å². The summed E-state index contributed by atoms with van der Waals surface area (Å²) < 4.78 is 2.15. The van der Waals surface area contributed by atoms with Gasteiger partial charge in [-0.3, -0.25) is 0 Å². The Morgan fingerprint density at radius 2 is 2.00 bits per heavy atom. The van der Waals surface area contributed by atoms with Crippen LogP contribution in [0.15, 0.2) is 36.8 Å². The van der Waals surface area contributed by atoms with Crippen molar-refractivity contribution in [3.05, 3.63) is 53.6 Å². The highest BCUT2D eigenvalue weighted by Crippen LogP contribution is 2.10. The molecule has 0 unspecified atom stereocenters. The van der Waals surface area contributed by atoms with Crippen LogP contribution in [0, 0.1) is 11.3 Å². The van der Waals surface area contributed by atoms with Crippen LogP contribution in [0.4, 0.5) is 0 Å². The van der Waals surface area contributed by atoms with Crippen LogP contribution in [-0.4, -0.2) is 16.1 Å². The van der Waals surface area contributed by atoms with Gasteiger partial charge >= 0.3 is 0 Å². The van der Waals surface area contributed by atoms with Gasteiger partial charge in [0.15, 0.2) is 0 Å². The Labute approximate surface area is 113 Å². The molecule has 1 heterocycles. The molecular weight excluding hydrogens is 236 g/mol. The SMILES string of the molecule is N#Cc1ccc(Cn2cncc2CCCCN)cc1. The van der Waals surface area contributed by atoms with Crippen molar-refractivity contribution in [2.75, 3.05) is 6.54 Å². The van der Waals surface area contributed by atoms with E-state index in [4.69, 9.17) is 11.0 Å². The highest BCUT2D eigenvalue weighted by atomic mass is 15.0. The van der Waals surface area contributed by atoms with Gasteiger partial charge in [0.05, 0.1) is 18.0 Å². The first kappa shape index (κ1) is 13.3. The Hall–Kier alpha value is -2.12. The Balaban J connectivity index is 2.02. The van der Waals surface area contributed by atoms with E-state index in [2.05, 4.69) is 15.6 Å². The molecule has 0 bridgehead atoms. The quantitative estimate of drug-likeness (QED) is 0.802. The molecule has 2 aromatic rings. The van der Waals surface area contributed by atoms with Crippen LogP contribution in [0.3, 0.4) is 0 Å². The van der Waals surface area contributed by atoms with Gasteiger partial charge in [-0.25, -0.2) is 4.98 Å². The Morgan fingerprint density at radius 1 is 1.21 bits per heavy atom. The van der Waals surface area contributed by atoms with Crippen molar-refractivity contribution in [1.29, 1.82) is 5.26 Å². The summed E-state index contributed by atoms with van der Waals surface area (Å²) in [4.78, 5) is 4.21. The lowest BCUT2D eigenvalue weighted by molar-refractivity contribution is 0.679. The van der Waals surface area contributed by atoms with E-state index < -0.39 is 0 Å². The van der Waals surface area contributed by atoms with E-state index in [1.54, 1.807) is 0 Å². The smallest absolute Gasteiger partial charge is 0.0991 e. The number of unbranched alkanes of at least 4 members (excludes halogenated alkanes) is 1. The molecule has 2 N–H and O–H groups in total. The molecule has 4 heteroatoms. The zero-order chi connectivity index (χ0) is 13.5. The fourth-order valence-electron chi connectivity index (χ4n) is 2.03. The molecule has 98 valence electrons. The number of hydrogen-bond acceptors (Lipinski definition) is 3. The fourth-order valence-corrected chi connectivity index (χ4v) is 2.03. The van der Waals surface area contributed by atoms with Gasteiger partial charge in [0.2, 0.25) is 0 Å². The first-order valence-corrected chi connectivity index (χ1v) is 6.51. The molecule has 2 rings (SSSR count). The molecule has 0 amide bonds. The van der Waals surface area contributed by atoms with Gasteiger partial charge in [0.1, 0.15) is 0 Å². The van der Waals surface area contributed by atoms with E-state index in [0.717, 1.165) is 32.4 Å². The van der Waals surface area contributed by atoms with Crippen molar-refractivity contribution in [2.24, 2.45) is 5.73 Å². The monoisotopic (exact) mass is 254 g/mol. The van der Waals surface area contributed by atoms with Crippen molar-refractivity contribution in [3.8, 4) is 6.07 Å². The molecule has 0 spiro atoms. The maximum atomic E-state index is 8.77. The summed E-state index contributed by atoms with van der Waals surface area (Å²) >= 11 is 0. The summed E-state index contributed by atoms with van der Waals surface area (Å²) in [6.07, 6.45) is 6.92. The maximum absolute atomic E-state index is 8.77. The normalized spacial score (nSPS) is 10.3. The van der Waals surface area contributed by atoms with E-state index >= 15 is 0 Å². The van der Waals surface area contributed by atoms with Crippen LogP contribution in [0.25, 0.3) is 0 Å². The van der Waals surface area contributed by atoms with E-state index in [0.29, 0.717) is 5.56 Å². The lowest BCUT2D eigenvalue weighted by Crippen LogP contribution is -2.05. The van der Waals surface area contributed by atoms with Gasteiger partial charge in [-0.05, 0) is 43.5 Å². The van der Waals surface area contributed by atoms with Crippen LogP contribution < -0.4 is 5.73 Å². The lowest BCUT2D eigenvalue weighted by Gasteiger charge is -2.08. The number of aryl methyl sites for hydroxylation is 1. The van der Waals surface area contributed by atoms with Crippen molar-refractivity contribution >= 4 is 0 Å². The fraction of sp³-hybridized carbons (Fsp3) is 0.333. The predicted octanol–water partition coefficient (Wildman–Crippen LogP) is 2.08. The largest absolute Gasteiger partial charge is 0.330 e. The number of nitriles is 1.